The van der Waals surface area contributed by atoms with Crippen molar-refractivity contribution in [2.24, 2.45) is 0 Å². The molecular weight excluding hydrogens is 253 g/mol. The zero-order chi connectivity index (χ0) is 13.1. The molecule has 0 radical (unpaired) electrons. The van der Waals surface area contributed by atoms with Gasteiger partial charge in [0.15, 0.2) is 0 Å². The highest BCUT2D eigenvalue weighted by Gasteiger charge is 2.06. The minimum atomic E-state index is -0.331. The molecule has 0 aliphatic heterocycles. The maximum absolute atomic E-state index is 13.2. The van der Waals surface area contributed by atoms with Crippen molar-refractivity contribution in [2.45, 2.75) is 13.5 Å². The van der Waals surface area contributed by atoms with E-state index in [9.17, 15) is 4.39 Å². The zero-order valence-electron chi connectivity index (χ0n) is 9.91. The average Bonchev–Trinajstić information content (AvgIpc) is 2.32. The van der Waals surface area contributed by atoms with Crippen molar-refractivity contribution in [1.29, 1.82) is 0 Å². The van der Waals surface area contributed by atoms with Gasteiger partial charge in [0.05, 0.1) is 5.69 Å². The fourth-order valence-corrected chi connectivity index (χ4v) is 1.80. The van der Waals surface area contributed by atoms with Crippen molar-refractivity contribution in [3.8, 4) is 5.75 Å². The molecule has 2 N–H and O–H groups in total. The number of nitrogens with two attached hydrogens (primary N) is 1. The number of nitrogen functional groups attached to an aromatic ring is 1. The van der Waals surface area contributed by atoms with Crippen LogP contribution in [0.2, 0.25) is 5.02 Å². The fourth-order valence-electron chi connectivity index (χ4n) is 1.58. The Kier molecular flexibility index (Phi) is 3.72. The number of benzene rings is 2. The zero-order valence-corrected chi connectivity index (χ0v) is 10.7. The van der Waals surface area contributed by atoms with Gasteiger partial charge in [0.2, 0.25) is 0 Å². The lowest BCUT2D eigenvalue weighted by atomic mass is 10.2. The molecule has 2 rings (SSSR count). The SMILES string of the molecule is Cc1cc(OCc2cccc(Cl)c2)c(N)cc1F. The summed E-state index contributed by atoms with van der Waals surface area (Å²) >= 11 is 5.87. The molecule has 18 heavy (non-hydrogen) atoms. The molecule has 0 atom stereocenters. The third-order valence-electron chi connectivity index (χ3n) is 2.57. The van der Waals surface area contributed by atoms with Crippen LogP contribution in [0.3, 0.4) is 0 Å². The minimum Gasteiger partial charge on any atom is -0.487 e. The summed E-state index contributed by atoms with van der Waals surface area (Å²) in [5.41, 5.74) is 7.42. The molecular formula is C14H13ClFNO. The van der Waals surface area contributed by atoms with Crippen LogP contribution >= 0.6 is 11.6 Å². The highest BCUT2D eigenvalue weighted by molar-refractivity contribution is 6.30. The van der Waals surface area contributed by atoms with Gasteiger partial charge in [0.1, 0.15) is 18.2 Å². The summed E-state index contributed by atoms with van der Waals surface area (Å²) in [5.74, 6) is 0.150. The van der Waals surface area contributed by atoms with Gasteiger partial charge in [-0.2, -0.15) is 0 Å². The topological polar surface area (TPSA) is 35.2 Å². The Balaban J connectivity index is 2.13. The number of aryl methyl sites for hydroxylation is 1. The molecule has 4 heteroatoms. The number of anilines is 1. The Bertz CT molecular complexity index is 572. The average molecular weight is 266 g/mol. The smallest absolute Gasteiger partial charge is 0.143 e. The van der Waals surface area contributed by atoms with Crippen LogP contribution in [0.25, 0.3) is 0 Å². The van der Waals surface area contributed by atoms with E-state index in [4.69, 9.17) is 22.1 Å². The van der Waals surface area contributed by atoms with E-state index in [0.29, 0.717) is 28.6 Å². The lowest BCUT2D eigenvalue weighted by molar-refractivity contribution is 0.307. The van der Waals surface area contributed by atoms with Gasteiger partial charge < -0.3 is 10.5 Å². The molecule has 0 spiro atoms. The van der Waals surface area contributed by atoms with Crippen molar-refractivity contribution >= 4 is 17.3 Å². The monoisotopic (exact) mass is 265 g/mol. The Labute approximate surface area is 110 Å². The highest BCUT2D eigenvalue weighted by Crippen LogP contribution is 2.26. The first-order valence-corrected chi connectivity index (χ1v) is 5.87. The molecule has 0 saturated heterocycles. The molecule has 2 aromatic carbocycles. The molecule has 0 fully saturated rings. The van der Waals surface area contributed by atoms with E-state index in [-0.39, 0.29) is 5.82 Å². The number of hydrogen-bond acceptors (Lipinski definition) is 2. The first-order chi connectivity index (χ1) is 8.56. The van der Waals surface area contributed by atoms with Crippen LogP contribution in [0.1, 0.15) is 11.1 Å². The third kappa shape index (κ3) is 2.93. The molecule has 2 nitrogen and oxygen atoms in total. The highest BCUT2D eigenvalue weighted by atomic mass is 35.5. The third-order valence-corrected chi connectivity index (χ3v) is 2.81. The van der Waals surface area contributed by atoms with Gasteiger partial charge >= 0.3 is 0 Å². The summed E-state index contributed by atoms with van der Waals surface area (Å²) in [7, 11) is 0. The van der Waals surface area contributed by atoms with E-state index in [1.54, 1.807) is 19.1 Å². The standard InChI is InChI=1S/C14H13ClFNO/c1-9-5-14(13(17)7-12(9)16)18-8-10-3-2-4-11(15)6-10/h2-7H,8,17H2,1H3. The largest absolute Gasteiger partial charge is 0.487 e. The summed E-state index contributed by atoms with van der Waals surface area (Å²) < 4.78 is 18.8. The van der Waals surface area contributed by atoms with E-state index >= 15 is 0 Å². The number of ether oxygens (including phenoxy) is 1. The molecule has 94 valence electrons. The van der Waals surface area contributed by atoms with E-state index in [1.807, 2.05) is 18.2 Å². The summed E-state index contributed by atoms with van der Waals surface area (Å²) in [4.78, 5) is 0. The fraction of sp³-hybridized carbons (Fsp3) is 0.143. The van der Waals surface area contributed by atoms with E-state index < -0.39 is 0 Å². The van der Waals surface area contributed by atoms with Crippen LogP contribution in [-0.4, -0.2) is 0 Å². The van der Waals surface area contributed by atoms with Gasteiger partial charge in [0, 0.05) is 11.1 Å². The lowest BCUT2D eigenvalue weighted by Gasteiger charge is -2.10. The van der Waals surface area contributed by atoms with Gasteiger partial charge in [0.25, 0.3) is 0 Å². The predicted molar refractivity (Wildman–Crippen MR) is 71.3 cm³/mol. The Morgan fingerprint density at radius 2 is 2.06 bits per heavy atom. The van der Waals surface area contributed by atoms with E-state index in [2.05, 4.69) is 0 Å². The van der Waals surface area contributed by atoms with Crippen molar-refractivity contribution in [1.82, 2.24) is 0 Å². The maximum Gasteiger partial charge on any atom is 0.143 e. The summed E-state index contributed by atoms with van der Waals surface area (Å²) in [6.45, 7) is 2.01. The first-order valence-electron chi connectivity index (χ1n) is 5.49. The Hall–Kier alpha value is -1.74. The van der Waals surface area contributed by atoms with Crippen LogP contribution < -0.4 is 10.5 Å². The molecule has 0 heterocycles. The molecule has 0 unspecified atom stereocenters. The molecule has 0 aliphatic carbocycles. The van der Waals surface area contributed by atoms with Crippen molar-refractivity contribution < 1.29 is 9.13 Å². The first kappa shape index (κ1) is 12.7. The summed E-state index contributed by atoms with van der Waals surface area (Å²) in [6.07, 6.45) is 0. The molecule has 0 saturated carbocycles. The van der Waals surface area contributed by atoms with Crippen molar-refractivity contribution in [3.05, 3.63) is 58.4 Å². The van der Waals surface area contributed by atoms with Crippen LogP contribution in [0.15, 0.2) is 36.4 Å². The van der Waals surface area contributed by atoms with Gasteiger partial charge in [-0.05, 0) is 36.2 Å². The predicted octanol–water partition coefficient (Wildman–Crippen LogP) is 3.95. The van der Waals surface area contributed by atoms with Crippen LogP contribution in [0.4, 0.5) is 10.1 Å². The number of rotatable bonds is 3. The normalized spacial score (nSPS) is 10.4. The second-order valence-electron chi connectivity index (χ2n) is 4.06. The van der Waals surface area contributed by atoms with Crippen LogP contribution in [0.5, 0.6) is 5.75 Å². The Morgan fingerprint density at radius 1 is 1.28 bits per heavy atom. The molecule has 0 bridgehead atoms. The molecule has 0 aromatic heterocycles. The second kappa shape index (κ2) is 5.27. The van der Waals surface area contributed by atoms with Crippen molar-refractivity contribution in [3.63, 3.8) is 0 Å². The quantitative estimate of drug-likeness (QED) is 0.853. The van der Waals surface area contributed by atoms with Gasteiger partial charge in [-0.3, -0.25) is 0 Å². The molecule has 0 aliphatic rings. The van der Waals surface area contributed by atoms with Crippen molar-refractivity contribution in [2.75, 3.05) is 5.73 Å². The lowest BCUT2D eigenvalue weighted by Crippen LogP contribution is -2.00. The van der Waals surface area contributed by atoms with Crippen LogP contribution in [-0.2, 0) is 6.61 Å². The van der Waals surface area contributed by atoms with Gasteiger partial charge in [-0.1, -0.05) is 23.7 Å². The molecule has 0 amide bonds. The Morgan fingerprint density at radius 3 is 2.78 bits per heavy atom. The van der Waals surface area contributed by atoms with Gasteiger partial charge in [-0.25, -0.2) is 4.39 Å². The minimum absolute atomic E-state index is 0.292. The summed E-state index contributed by atoms with van der Waals surface area (Å²) in [6, 6.07) is 10.2. The van der Waals surface area contributed by atoms with Crippen LogP contribution in [0, 0.1) is 12.7 Å². The maximum atomic E-state index is 13.2. The summed E-state index contributed by atoms with van der Waals surface area (Å²) in [5, 5.41) is 0.652. The molecule has 2 aromatic rings. The van der Waals surface area contributed by atoms with E-state index in [0.717, 1.165) is 5.56 Å². The number of halogens is 2. The van der Waals surface area contributed by atoms with E-state index in [1.165, 1.54) is 6.07 Å². The van der Waals surface area contributed by atoms with Gasteiger partial charge in [-0.15, -0.1) is 0 Å². The number of hydrogen-bond donors (Lipinski definition) is 1. The second-order valence-corrected chi connectivity index (χ2v) is 4.49.